The quantitative estimate of drug-likeness (QED) is 0.653. The molecule has 0 spiro atoms. The van der Waals surface area contributed by atoms with Crippen molar-refractivity contribution in [3.05, 3.63) is 69.3 Å². The van der Waals surface area contributed by atoms with Crippen LogP contribution in [0.5, 0.6) is 0 Å². The number of nitro benzene ring substituents is 1. The van der Waals surface area contributed by atoms with Crippen LogP contribution in [-0.4, -0.2) is 31.1 Å². The fourth-order valence-corrected chi connectivity index (χ4v) is 3.55. The van der Waals surface area contributed by atoms with E-state index in [9.17, 15) is 15.4 Å². The Morgan fingerprint density at radius 2 is 1.85 bits per heavy atom. The number of hydrogen-bond donors (Lipinski definition) is 1. The van der Waals surface area contributed by atoms with Crippen molar-refractivity contribution in [2.24, 2.45) is 0 Å². The zero-order valence-corrected chi connectivity index (χ0v) is 15.8. The maximum absolute atomic E-state index is 10.9. The summed E-state index contributed by atoms with van der Waals surface area (Å²) in [6.45, 7) is 9.04. The van der Waals surface area contributed by atoms with Gasteiger partial charge < -0.3 is 9.80 Å². The van der Waals surface area contributed by atoms with E-state index in [0.717, 1.165) is 38.4 Å². The fraction of sp³-hybridized carbons (Fsp3) is 0.381. The van der Waals surface area contributed by atoms with Crippen molar-refractivity contribution < 1.29 is 9.82 Å². The number of nitrogens with zero attached hydrogens (tertiary/aromatic N) is 3. The summed E-state index contributed by atoms with van der Waals surface area (Å²) in [5, 5.41) is 20.3. The molecule has 2 aromatic carbocycles. The minimum atomic E-state index is -0.461. The maximum Gasteiger partial charge on any atom is 0.270 e. The van der Waals surface area contributed by atoms with Crippen LogP contribution >= 0.6 is 0 Å². The van der Waals surface area contributed by atoms with E-state index in [-0.39, 0.29) is 5.69 Å². The highest BCUT2D eigenvalue weighted by Gasteiger charge is 2.23. The predicted octanol–water partition coefficient (Wildman–Crippen LogP) is 2.49. The molecule has 140 valence electrons. The van der Waals surface area contributed by atoms with Crippen molar-refractivity contribution in [2.75, 3.05) is 31.1 Å². The van der Waals surface area contributed by atoms with Crippen LogP contribution in [0.2, 0.25) is 0 Å². The number of quaternary nitrogens is 1. The van der Waals surface area contributed by atoms with Gasteiger partial charge >= 0.3 is 0 Å². The molecule has 2 aromatic rings. The predicted molar refractivity (Wildman–Crippen MR) is 105 cm³/mol. The highest BCUT2D eigenvalue weighted by Crippen LogP contribution is 2.25. The first-order valence-corrected chi connectivity index (χ1v) is 9.34. The monoisotopic (exact) mass is 365 g/mol. The molecule has 6 heteroatoms. The van der Waals surface area contributed by atoms with Crippen LogP contribution in [0.3, 0.4) is 0 Å². The van der Waals surface area contributed by atoms with Gasteiger partial charge in [0.05, 0.1) is 42.4 Å². The van der Waals surface area contributed by atoms with E-state index < -0.39 is 4.92 Å². The molecule has 0 bridgehead atoms. The Morgan fingerprint density at radius 1 is 1.19 bits per heavy atom. The average molecular weight is 365 g/mol. The van der Waals surface area contributed by atoms with Gasteiger partial charge in [-0.3, -0.25) is 10.1 Å². The first-order valence-electron chi connectivity index (χ1n) is 9.34. The smallest absolute Gasteiger partial charge is 0.270 e. The van der Waals surface area contributed by atoms with E-state index >= 15 is 0 Å². The number of piperazine rings is 1. The zero-order valence-electron chi connectivity index (χ0n) is 15.8. The van der Waals surface area contributed by atoms with E-state index in [4.69, 9.17) is 0 Å². The van der Waals surface area contributed by atoms with Crippen molar-refractivity contribution in [2.45, 2.75) is 26.3 Å². The molecule has 3 rings (SSSR count). The van der Waals surface area contributed by atoms with E-state index in [2.05, 4.69) is 49.1 Å². The number of benzene rings is 2. The maximum atomic E-state index is 10.9. The molecule has 1 saturated heterocycles. The Morgan fingerprint density at radius 3 is 2.41 bits per heavy atom. The first kappa shape index (κ1) is 18.9. The standard InChI is InChI=1S/C21H24N4O2/c1-16(2)18-5-3-17(4-6-18)15-23-9-11-24(12-10-23)21-8-7-20(25(26)27)13-19(21)14-22/h3-8,13,16H,9-12,15H2,1-2H3/p+1. The van der Waals surface area contributed by atoms with Crippen molar-refractivity contribution in [1.29, 1.82) is 5.26 Å². The molecule has 1 heterocycles. The molecule has 0 aliphatic carbocycles. The summed E-state index contributed by atoms with van der Waals surface area (Å²) in [4.78, 5) is 14.1. The molecule has 1 N–H and O–H groups in total. The minimum Gasteiger partial charge on any atom is -0.359 e. The molecule has 0 unspecified atom stereocenters. The van der Waals surface area contributed by atoms with Crippen LogP contribution in [0.4, 0.5) is 11.4 Å². The summed E-state index contributed by atoms with van der Waals surface area (Å²) in [6, 6.07) is 15.5. The molecule has 1 aliphatic heterocycles. The number of non-ortho nitro benzene ring substituents is 1. The molecule has 0 saturated carbocycles. The molecule has 0 aromatic heterocycles. The third kappa shape index (κ3) is 4.44. The second-order valence-corrected chi connectivity index (χ2v) is 7.38. The number of nitriles is 1. The number of hydrogen-bond acceptors (Lipinski definition) is 4. The number of anilines is 1. The fourth-order valence-electron chi connectivity index (χ4n) is 3.55. The third-order valence-corrected chi connectivity index (χ3v) is 5.22. The molecule has 0 radical (unpaired) electrons. The Balaban J connectivity index is 1.62. The topological polar surface area (TPSA) is 74.6 Å². The van der Waals surface area contributed by atoms with E-state index in [1.54, 1.807) is 6.07 Å². The summed E-state index contributed by atoms with van der Waals surface area (Å²) in [5.74, 6) is 0.547. The molecular weight excluding hydrogens is 340 g/mol. The average Bonchev–Trinajstić information content (AvgIpc) is 2.68. The van der Waals surface area contributed by atoms with Gasteiger partial charge in [0.1, 0.15) is 12.6 Å². The second-order valence-electron chi connectivity index (χ2n) is 7.38. The van der Waals surface area contributed by atoms with E-state index in [0.29, 0.717) is 11.5 Å². The van der Waals surface area contributed by atoms with Gasteiger partial charge in [0, 0.05) is 17.7 Å². The summed E-state index contributed by atoms with van der Waals surface area (Å²) >= 11 is 0. The highest BCUT2D eigenvalue weighted by atomic mass is 16.6. The van der Waals surface area contributed by atoms with Gasteiger partial charge in [0.2, 0.25) is 0 Å². The molecule has 0 amide bonds. The van der Waals surface area contributed by atoms with Gasteiger partial charge in [0.15, 0.2) is 0 Å². The zero-order chi connectivity index (χ0) is 19.4. The van der Waals surface area contributed by atoms with Gasteiger partial charge in [-0.25, -0.2) is 0 Å². The summed E-state index contributed by atoms with van der Waals surface area (Å²) < 4.78 is 0. The van der Waals surface area contributed by atoms with Crippen LogP contribution in [0.1, 0.15) is 36.5 Å². The lowest BCUT2D eigenvalue weighted by molar-refractivity contribution is -0.914. The minimum absolute atomic E-state index is 0.0376. The molecule has 0 atom stereocenters. The second kappa shape index (κ2) is 8.19. The Bertz CT molecular complexity index is 847. The van der Waals surface area contributed by atoms with Gasteiger partial charge in [-0.2, -0.15) is 5.26 Å². The number of rotatable bonds is 5. The van der Waals surface area contributed by atoms with Crippen LogP contribution in [0.15, 0.2) is 42.5 Å². The van der Waals surface area contributed by atoms with Crippen molar-refractivity contribution >= 4 is 11.4 Å². The van der Waals surface area contributed by atoms with Gasteiger partial charge in [-0.1, -0.05) is 38.1 Å². The molecule has 27 heavy (non-hydrogen) atoms. The van der Waals surface area contributed by atoms with Gasteiger partial charge in [-0.05, 0) is 17.5 Å². The van der Waals surface area contributed by atoms with Gasteiger partial charge in [0.25, 0.3) is 5.69 Å². The molecule has 1 aliphatic rings. The Hall–Kier alpha value is -2.91. The van der Waals surface area contributed by atoms with Crippen LogP contribution in [-0.2, 0) is 6.54 Å². The lowest BCUT2D eigenvalue weighted by Gasteiger charge is -2.34. The lowest BCUT2D eigenvalue weighted by Crippen LogP contribution is -3.13. The van der Waals surface area contributed by atoms with Crippen molar-refractivity contribution in [3.63, 3.8) is 0 Å². The Labute approximate surface area is 159 Å². The SMILES string of the molecule is CC(C)c1ccc(C[NH+]2CCN(c3ccc([N+](=O)[O-])cc3C#N)CC2)cc1. The van der Waals surface area contributed by atoms with Crippen molar-refractivity contribution in [3.8, 4) is 6.07 Å². The first-order chi connectivity index (χ1) is 13.0. The molecule has 1 fully saturated rings. The lowest BCUT2D eigenvalue weighted by atomic mass is 10.0. The third-order valence-electron chi connectivity index (χ3n) is 5.22. The summed E-state index contributed by atoms with van der Waals surface area (Å²) in [5.41, 5.74) is 3.83. The highest BCUT2D eigenvalue weighted by molar-refractivity contribution is 5.63. The van der Waals surface area contributed by atoms with Crippen LogP contribution in [0, 0.1) is 21.4 Å². The van der Waals surface area contributed by atoms with E-state index in [1.807, 2.05) is 0 Å². The summed E-state index contributed by atoms with van der Waals surface area (Å²) in [7, 11) is 0. The van der Waals surface area contributed by atoms with E-state index in [1.165, 1.54) is 28.2 Å². The number of nitro groups is 1. The van der Waals surface area contributed by atoms with Crippen LogP contribution in [0.25, 0.3) is 0 Å². The summed E-state index contributed by atoms with van der Waals surface area (Å²) in [6.07, 6.45) is 0. The molecular formula is C21H25N4O2+. The Kier molecular flexibility index (Phi) is 5.72. The largest absolute Gasteiger partial charge is 0.359 e. The van der Waals surface area contributed by atoms with Crippen molar-refractivity contribution in [1.82, 2.24) is 0 Å². The van der Waals surface area contributed by atoms with Gasteiger partial charge in [-0.15, -0.1) is 0 Å². The molecule has 6 nitrogen and oxygen atoms in total. The number of nitrogens with one attached hydrogen (secondary N) is 1. The van der Waals surface area contributed by atoms with Crippen LogP contribution < -0.4 is 9.80 Å². The normalized spacial score (nSPS) is 15.0.